The summed E-state index contributed by atoms with van der Waals surface area (Å²) in [5.41, 5.74) is 3.00. The second-order valence-corrected chi connectivity index (χ2v) is 7.16. The van der Waals surface area contributed by atoms with Crippen molar-refractivity contribution in [2.75, 3.05) is 19.0 Å². The van der Waals surface area contributed by atoms with Crippen LogP contribution in [0.5, 0.6) is 23.0 Å². The highest BCUT2D eigenvalue weighted by Crippen LogP contribution is 2.43. The summed E-state index contributed by atoms with van der Waals surface area (Å²) in [6.45, 7) is 2.97. The van der Waals surface area contributed by atoms with Crippen molar-refractivity contribution in [3.05, 3.63) is 77.9 Å². The average Bonchev–Trinajstić information content (AvgIpc) is 2.80. The first-order valence-electron chi connectivity index (χ1n) is 10.2. The van der Waals surface area contributed by atoms with Gasteiger partial charge in [-0.2, -0.15) is 0 Å². The van der Waals surface area contributed by atoms with Gasteiger partial charge < -0.3 is 24.3 Å². The summed E-state index contributed by atoms with van der Waals surface area (Å²) in [7, 11) is 1.63. The van der Waals surface area contributed by atoms with Crippen LogP contribution in [0.15, 0.2) is 66.7 Å². The number of carbonyl (C=O) groups is 1. The highest BCUT2D eigenvalue weighted by atomic mass is 16.5. The normalized spacial score (nSPS) is 17.1. The number of ether oxygens (including phenoxy) is 4. The maximum absolute atomic E-state index is 11.0. The predicted octanol–water partition coefficient (Wildman–Crippen LogP) is 5.33. The molecular weight excluding hydrogens is 394 g/mol. The van der Waals surface area contributed by atoms with E-state index in [1.807, 2.05) is 73.7 Å². The Morgan fingerprint density at radius 1 is 1.00 bits per heavy atom. The largest absolute Gasteiger partial charge is 0.493 e. The van der Waals surface area contributed by atoms with E-state index in [4.69, 9.17) is 18.9 Å². The van der Waals surface area contributed by atoms with Gasteiger partial charge in [0.2, 0.25) is 0 Å². The Balaban J connectivity index is 1.71. The molecule has 3 aromatic carbocycles. The molecule has 6 nitrogen and oxygen atoms in total. The number of hydrogen-bond donors (Lipinski definition) is 1. The van der Waals surface area contributed by atoms with E-state index >= 15 is 0 Å². The Kier molecular flexibility index (Phi) is 6.26. The lowest BCUT2D eigenvalue weighted by Gasteiger charge is -2.32. The molecule has 0 aliphatic carbocycles. The highest BCUT2D eigenvalue weighted by Gasteiger charge is 2.30. The van der Waals surface area contributed by atoms with Crippen LogP contribution in [0.3, 0.4) is 0 Å². The summed E-state index contributed by atoms with van der Waals surface area (Å²) in [6, 6.07) is 21.5. The molecule has 2 unspecified atom stereocenters. The van der Waals surface area contributed by atoms with Crippen LogP contribution in [0.2, 0.25) is 0 Å². The lowest BCUT2D eigenvalue weighted by molar-refractivity contribution is -0.132. The van der Waals surface area contributed by atoms with Crippen LogP contribution < -0.4 is 19.5 Å². The molecule has 3 aromatic rings. The highest BCUT2D eigenvalue weighted by molar-refractivity contribution is 5.62. The second-order valence-electron chi connectivity index (χ2n) is 7.16. The van der Waals surface area contributed by atoms with Crippen molar-refractivity contribution in [3.63, 3.8) is 0 Å². The minimum atomic E-state index is -0.423. The molecule has 0 fully saturated rings. The molecule has 4 rings (SSSR count). The van der Waals surface area contributed by atoms with Crippen molar-refractivity contribution in [1.82, 2.24) is 0 Å². The Morgan fingerprint density at radius 3 is 2.58 bits per heavy atom. The first kappa shape index (κ1) is 20.6. The number of carbonyl (C=O) groups excluding carboxylic acids is 1. The lowest BCUT2D eigenvalue weighted by atomic mass is 9.84. The first-order chi connectivity index (χ1) is 15.2. The van der Waals surface area contributed by atoms with Crippen molar-refractivity contribution >= 4 is 12.2 Å². The summed E-state index contributed by atoms with van der Waals surface area (Å²) in [5, 5.41) is 3.28. The van der Waals surface area contributed by atoms with Crippen molar-refractivity contribution in [2.24, 2.45) is 0 Å². The number of rotatable bonds is 8. The molecule has 6 heteroatoms. The molecule has 0 saturated heterocycles. The third kappa shape index (κ3) is 4.58. The lowest BCUT2D eigenvalue weighted by Crippen LogP contribution is -2.30. The van der Waals surface area contributed by atoms with Gasteiger partial charge in [-0.05, 0) is 60.5 Å². The summed E-state index contributed by atoms with van der Waals surface area (Å²) < 4.78 is 22.5. The van der Waals surface area contributed by atoms with Crippen molar-refractivity contribution in [1.29, 1.82) is 0 Å². The Bertz CT molecular complexity index is 1040. The zero-order valence-electron chi connectivity index (χ0n) is 17.5. The molecule has 0 radical (unpaired) electrons. The van der Waals surface area contributed by atoms with E-state index in [-0.39, 0.29) is 5.92 Å². The molecule has 1 N–H and O–H groups in total. The van der Waals surface area contributed by atoms with Crippen LogP contribution in [0, 0.1) is 0 Å². The van der Waals surface area contributed by atoms with Crippen molar-refractivity contribution in [3.8, 4) is 23.0 Å². The fourth-order valence-corrected chi connectivity index (χ4v) is 3.87. The van der Waals surface area contributed by atoms with Gasteiger partial charge in [0.15, 0.2) is 17.7 Å². The zero-order chi connectivity index (χ0) is 21.6. The van der Waals surface area contributed by atoms with E-state index in [1.54, 1.807) is 7.11 Å². The summed E-state index contributed by atoms with van der Waals surface area (Å²) in [4.78, 5) is 11.0. The SMILES string of the molecule is CCOc1ccc(C2CC(OC=O)Nc3ccc(Oc4ccccc4)cc32)cc1OC. The van der Waals surface area contributed by atoms with Gasteiger partial charge in [0.1, 0.15) is 11.5 Å². The van der Waals surface area contributed by atoms with Crippen molar-refractivity contribution < 1.29 is 23.7 Å². The molecule has 0 spiro atoms. The monoisotopic (exact) mass is 419 g/mol. The second kappa shape index (κ2) is 9.43. The number of anilines is 1. The molecule has 2 atom stereocenters. The summed E-state index contributed by atoms with van der Waals surface area (Å²) >= 11 is 0. The van der Waals surface area contributed by atoms with Crippen LogP contribution in [-0.4, -0.2) is 26.4 Å². The fraction of sp³-hybridized carbons (Fsp3) is 0.240. The third-order valence-electron chi connectivity index (χ3n) is 5.25. The van der Waals surface area contributed by atoms with Gasteiger partial charge in [-0.1, -0.05) is 24.3 Å². The van der Waals surface area contributed by atoms with Gasteiger partial charge in [0.05, 0.1) is 13.7 Å². The fourth-order valence-electron chi connectivity index (χ4n) is 3.87. The van der Waals surface area contributed by atoms with Crippen molar-refractivity contribution in [2.45, 2.75) is 25.5 Å². The van der Waals surface area contributed by atoms with Gasteiger partial charge in [0, 0.05) is 18.0 Å². The third-order valence-corrected chi connectivity index (χ3v) is 5.25. The molecule has 0 bridgehead atoms. The Labute approximate surface area is 181 Å². The predicted molar refractivity (Wildman–Crippen MR) is 118 cm³/mol. The first-order valence-corrected chi connectivity index (χ1v) is 10.2. The van der Waals surface area contributed by atoms with E-state index in [1.165, 1.54) is 0 Å². The minimum Gasteiger partial charge on any atom is -0.493 e. The number of nitrogens with one attached hydrogen (secondary N) is 1. The quantitative estimate of drug-likeness (QED) is 0.498. The molecule has 0 amide bonds. The standard InChI is InChI=1S/C25H25NO5/c1-3-29-23-12-9-17(13-24(23)28-2)20-15-25(30-16-27)26-22-11-10-19(14-21(20)22)31-18-7-5-4-6-8-18/h4-14,16,20,25-26H,3,15H2,1-2H3. The van der Waals surface area contributed by atoms with Gasteiger partial charge in [0.25, 0.3) is 6.47 Å². The molecule has 0 saturated carbocycles. The Morgan fingerprint density at radius 2 is 1.84 bits per heavy atom. The molecule has 0 aromatic heterocycles. The molecule has 1 heterocycles. The van der Waals surface area contributed by atoms with E-state index in [0.717, 1.165) is 28.3 Å². The smallest absolute Gasteiger partial charge is 0.294 e. The molecule has 1 aliphatic rings. The topological polar surface area (TPSA) is 66.0 Å². The zero-order valence-corrected chi connectivity index (χ0v) is 17.5. The molecular formula is C25H25NO5. The number of benzene rings is 3. The average molecular weight is 419 g/mol. The minimum absolute atomic E-state index is 0.0231. The maximum atomic E-state index is 11.0. The van der Waals surface area contributed by atoms with Crippen LogP contribution in [0.25, 0.3) is 0 Å². The number of para-hydroxylation sites is 1. The van der Waals surface area contributed by atoms with Gasteiger partial charge in [-0.3, -0.25) is 4.79 Å². The van der Waals surface area contributed by atoms with Crippen LogP contribution in [0.1, 0.15) is 30.4 Å². The van der Waals surface area contributed by atoms with Gasteiger partial charge >= 0.3 is 0 Å². The summed E-state index contributed by atoms with van der Waals surface area (Å²) in [5.74, 6) is 2.86. The van der Waals surface area contributed by atoms with E-state index in [2.05, 4.69) is 5.32 Å². The summed E-state index contributed by atoms with van der Waals surface area (Å²) in [6.07, 6.45) is 0.158. The van der Waals surface area contributed by atoms with Crippen LogP contribution >= 0.6 is 0 Å². The maximum Gasteiger partial charge on any atom is 0.294 e. The molecule has 1 aliphatic heterocycles. The van der Waals surface area contributed by atoms with Gasteiger partial charge in [-0.25, -0.2) is 0 Å². The number of fused-ring (bicyclic) bond motifs is 1. The van der Waals surface area contributed by atoms with E-state index < -0.39 is 6.23 Å². The van der Waals surface area contributed by atoms with E-state index in [9.17, 15) is 4.79 Å². The number of hydrogen-bond acceptors (Lipinski definition) is 6. The van der Waals surface area contributed by atoms with Crippen LogP contribution in [0.4, 0.5) is 5.69 Å². The van der Waals surface area contributed by atoms with Gasteiger partial charge in [-0.15, -0.1) is 0 Å². The Hall–Kier alpha value is -3.67. The molecule has 160 valence electrons. The number of methoxy groups -OCH3 is 1. The van der Waals surface area contributed by atoms with E-state index in [0.29, 0.717) is 31.0 Å². The van der Waals surface area contributed by atoms with Crippen LogP contribution in [-0.2, 0) is 9.53 Å². The molecule has 31 heavy (non-hydrogen) atoms.